The number of aliphatic hydroxyl groups excluding tert-OH is 3. The van der Waals surface area contributed by atoms with Gasteiger partial charge in [0.1, 0.15) is 0 Å². The highest BCUT2D eigenvalue weighted by Crippen LogP contribution is 2.26. The van der Waals surface area contributed by atoms with Crippen molar-refractivity contribution in [1.29, 1.82) is 0 Å². The summed E-state index contributed by atoms with van der Waals surface area (Å²) in [6.07, 6.45) is -0.358. The molecule has 0 aromatic rings. The van der Waals surface area contributed by atoms with Crippen LogP contribution in [0.1, 0.15) is 60.8 Å². The molecule has 0 radical (unpaired) electrons. The van der Waals surface area contributed by atoms with Crippen LogP contribution in [0.15, 0.2) is 0 Å². The van der Waals surface area contributed by atoms with E-state index in [1.54, 1.807) is 0 Å². The average molecular weight is 246 g/mol. The molecular weight excluding hydrogens is 216 g/mol. The summed E-state index contributed by atoms with van der Waals surface area (Å²) in [7, 11) is 0. The fraction of sp³-hybridized carbons (Fsp3) is 1.00. The maximum absolute atomic E-state index is 9.86. The van der Waals surface area contributed by atoms with Crippen molar-refractivity contribution in [3.8, 4) is 0 Å². The summed E-state index contributed by atoms with van der Waals surface area (Å²) in [4.78, 5) is 0. The zero-order chi connectivity index (χ0) is 13.9. The van der Waals surface area contributed by atoms with Crippen LogP contribution in [0.3, 0.4) is 0 Å². The summed E-state index contributed by atoms with van der Waals surface area (Å²) in [5.74, 6) is 0. The quantitative estimate of drug-likeness (QED) is 0.698. The molecular formula is C14H30O3. The minimum absolute atomic E-state index is 0.0573. The minimum Gasteiger partial charge on any atom is -0.393 e. The highest BCUT2D eigenvalue weighted by Gasteiger charge is 2.26. The van der Waals surface area contributed by atoms with E-state index in [-0.39, 0.29) is 10.8 Å². The highest BCUT2D eigenvalue weighted by atomic mass is 16.3. The molecule has 0 saturated heterocycles. The van der Waals surface area contributed by atoms with Gasteiger partial charge in [-0.25, -0.2) is 0 Å². The molecule has 0 aliphatic rings. The molecule has 17 heavy (non-hydrogen) atoms. The number of hydrogen-bond donors (Lipinski definition) is 3. The van der Waals surface area contributed by atoms with Gasteiger partial charge in [-0.1, -0.05) is 41.5 Å². The van der Waals surface area contributed by atoms with Crippen molar-refractivity contribution in [2.45, 2.75) is 79.1 Å². The molecule has 0 bridgehead atoms. The first kappa shape index (κ1) is 16.9. The Morgan fingerprint density at radius 1 is 0.765 bits per heavy atom. The van der Waals surface area contributed by atoms with Crippen molar-refractivity contribution in [3.63, 3.8) is 0 Å². The van der Waals surface area contributed by atoms with Crippen LogP contribution in [0.2, 0.25) is 0 Å². The van der Waals surface area contributed by atoms with Gasteiger partial charge in [-0.15, -0.1) is 0 Å². The predicted octanol–water partition coefficient (Wildman–Crippen LogP) is 2.33. The van der Waals surface area contributed by atoms with Gasteiger partial charge >= 0.3 is 0 Å². The molecule has 0 saturated carbocycles. The third-order valence-electron chi connectivity index (χ3n) is 2.89. The molecule has 3 unspecified atom stereocenters. The molecule has 3 atom stereocenters. The highest BCUT2D eigenvalue weighted by molar-refractivity contribution is 4.78. The summed E-state index contributed by atoms with van der Waals surface area (Å²) in [6, 6.07) is 0. The zero-order valence-electron chi connectivity index (χ0n) is 12.2. The molecule has 104 valence electrons. The van der Waals surface area contributed by atoms with Gasteiger partial charge in [0.25, 0.3) is 0 Å². The van der Waals surface area contributed by atoms with Gasteiger partial charge in [-0.3, -0.25) is 0 Å². The van der Waals surface area contributed by atoms with E-state index in [0.717, 1.165) is 0 Å². The van der Waals surface area contributed by atoms with E-state index in [1.165, 1.54) is 0 Å². The Kier molecular flexibility index (Phi) is 6.12. The summed E-state index contributed by atoms with van der Waals surface area (Å²) in [5.41, 5.74) is -0.169. The molecule has 0 amide bonds. The van der Waals surface area contributed by atoms with Crippen LogP contribution in [0, 0.1) is 10.8 Å². The maximum atomic E-state index is 9.86. The Morgan fingerprint density at radius 2 is 1.24 bits per heavy atom. The van der Waals surface area contributed by atoms with Gasteiger partial charge in [0.15, 0.2) is 0 Å². The third-order valence-corrected chi connectivity index (χ3v) is 2.89. The van der Waals surface area contributed by atoms with E-state index < -0.39 is 18.3 Å². The molecule has 0 aromatic heterocycles. The first-order valence-electron chi connectivity index (χ1n) is 6.46. The lowest BCUT2D eigenvalue weighted by Crippen LogP contribution is -2.32. The summed E-state index contributed by atoms with van der Waals surface area (Å²) in [5, 5.41) is 29.5. The van der Waals surface area contributed by atoms with Crippen LogP contribution in [-0.4, -0.2) is 33.6 Å². The van der Waals surface area contributed by atoms with Crippen molar-refractivity contribution in [3.05, 3.63) is 0 Å². The second kappa shape index (κ2) is 6.17. The summed E-state index contributed by atoms with van der Waals surface area (Å²) in [6.45, 7) is 12.0. The molecule has 0 rings (SSSR count). The Labute approximate surface area is 106 Å². The van der Waals surface area contributed by atoms with Crippen molar-refractivity contribution < 1.29 is 15.3 Å². The van der Waals surface area contributed by atoms with E-state index in [4.69, 9.17) is 0 Å². The lowest BCUT2D eigenvalue weighted by Gasteiger charge is -2.29. The molecule has 0 aromatic carbocycles. The van der Waals surface area contributed by atoms with Crippen LogP contribution in [0.4, 0.5) is 0 Å². The lowest BCUT2D eigenvalue weighted by atomic mass is 9.83. The average Bonchev–Trinajstić information content (AvgIpc) is 1.96. The molecule has 0 fully saturated rings. The third kappa shape index (κ3) is 8.58. The van der Waals surface area contributed by atoms with Gasteiger partial charge in [0.05, 0.1) is 18.3 Å². The molecule has 0 heterocycles. The van der Waals surface area contributed by atoms with Crippen LogP contribution < -0.4 is 0 Å². The van der Waals surface area contributed by atoms with Gasteiger partial charge in [-0.05, 0) is 30.1 Å². The number of hydrogen-bond acceptors (Lipinski definition) is 3. The minimum atomic E-state index is -0.637. The van der Waals surface area contributed by atoms with E-state index in [0.29, 0.717) is 19.3 Å². The largest absolute Gasteiger partial charge is 0.393 e. The van der Waals surface area contributed by atoms with Crippen molar-refractivity contribution in [2.75, 3.05) is 0 Å². The summed E-state index contributed by atoms with van der Waals surface area (Å²) >= 11 is 0. The van der Waals surface area contributed by atoms with Crippen molar-refractivity contribution in [2.24, 2.45) is 10.8 Å². The van der Waals surface area contributed by atoms with Gasteiger partial charge in [0.2, 0.25) is 0 Å². The van der Waals surface area contributed by atoms with Crippen molar-refractivity contribution >= 4 is 0 Å². The fourth-order valence-electron chi connectivity index (χ4n) is 1.81. The molecule has 0 aliphatic carbocycles. The monoisotopic (exact) mass is 246 g/mol. The van der Waals surface area contributed by atoms with Gasteiger partial charge in [-0.2, -0.15) is 0 Å². The second-order valence-electron chi connectivity index (χ2n) is 7.43. The first-order chi connectivity index (χ1) is 7.42. The molecule has 0 spiro atoms. The Balaban J connectivity index is 4.06. The normalized spacial score (nSPS) is 18.9. The Bertz CT molecular complexity index is 212. The smallest absolute Gasteiger partial charge is 0.0613 e. The van der Waals surface area contributed by atoms with Crippen LogP contribution in [-0.2, 0) is 0 Å². The Hall–Kier alpha value is -0.120. The number of aliphatic hydroxyl groups is 3. The van der Waals surface area contributed by atoms with E-state index in [9.17, 15) is 15.3 Å². The van der Waals surface area contributed by atoms with Crippen LogP contribution >= 0.6 is 0 Å². The molecule has 3 heteroatoms. The van der Waals surface area contributed by atoms with Gasteiger partial charge in [0, 0.05) is 0 Å². The maximum Gasteiger partial charge on any atom is 0.0613 e. The SMILES string of the molecule is CC(C)(C)CC(O)CC(O)CC(O)C(C)(C)C. The fourth-order valence-corrected chi connectivity index (χ4v) is 1.81. The summed E-state index contributed by atoms with van der Waals surface area (Å²) < 4.78 is 0. The predicted molar refractivity (Wildman–Crippen MR) is 70.8 cm³/mol. The van der Waals surface area contributed by atoms with Crippen LogP contribution in [0.25, 0.3) is 0 Å². The topological polar surface area (TPSA) is 60.7 Å². The molecule has 0 aliphatic heterocycles. The van der Waals surface area contributed by atoms with Crippen molar-refractivity contribution in [1.82, 2.24) is 0 Å². The zero-order valence-corrected chi connectivity index (χ0v) is 12.2. The standard InChI is InChI=1S/C14H30O3/c1-13(2,3)9-11(16)7-10(15)8-12(17)14(4,5)6/h10-12,15-17H,7-9H2,1-6H3. The van der Waals surface area contributed by atoms with E-state index in [2.05, 4.69) is 20.8 Å². The Morgan fingerprint density at radius 3 is 1.59 bits per heavy atom. The first-order valence-corrected chi connectivity index (χ1v) is 6.46. The second-order valence-corrected chi connectivity index (χ2v) is 7.43. The lowest BCUT2D eigenvalue weighted by molar-refractivity contribution is -0.00838. The van der Waals surface area contributed by atoms with E-state index in [1.807, 2.05) is 20.8 Å². The van der Waals surface area contributed by atoms with Gasteiger partial charge < -0.3 is 15.3 Å². The molecule has 3 N–H and O–H groups in total. The van der Waals surface area contributed by atoms with E-state index >= 15 is 0 Å². The number of rotatable bonds is 5. The van der Waals surface area contributed by atoms with Crippen LogP contribution in [0.5, 0.6) is 0 Å². The molecule has 3 nitrogen and oxygen atoms in total.